The summed E-state index contributed by atoms with van der Waals surface area (Å²) in [6.45, 7) is 8.86. The van der Waals surface area contributed by atoms with Crippen molar-refractivity contribution in [3.63, 3.8) is 0 Å². The molecule has 4 rings (SSSR count). The predicted molar refractivity (Wildman–Crippen MR) is 121 cm³/mol. The van der Waals surface area contributed by atoms with Gasteiger partial charge < -0.3 is 19.6 Å². The van der Waals surface area contributed by atoms with Crippen molar-refractivity contribution in [2.75, 3.05) is 26.2 Å². The average molecular weight is 436 g/mol. The van der Waals surface area contributed by atoms with Gasteiger partial charge in [0.15, 0.2) is 0 Å². The number of hydrogen-bond donors (Lipinski definition) is 1. The van der Waals surface area contributed by atoms with E-state index in [1.807, 2.05) is 13.0 Å². The number of amides is 1. The second kappa shape index (κ2) is 9.12. The SMILES string of the molecule is CCN(CC)CCN1C(=O)C(=O)C(=C(O)c2ccc3c(c2)O[C@@H](C)C3)[C@@H]1c1ccncc1. The fourth-order valence-electron chi connectivity index (χ4n) is 4.50. The zero-order valence-corrected chi connectivity index (χ0v) is 18.7. The summed E-state index contributed by atoms with van der Waals surface area (Å²) >= 11 is 0. The standard InChI is InChI=1S/C25H29N3O4/c1-4-27(5-2)12-13-28-22(17-8-10-26-11-9-17)21(24(30)25(28)31)23(29)19-7-6-18-14-16(3)32-20(18)15-19/h6-11,15-16,22,29H,4-5,12-14H2,1-3H3/t16-,22-/m0/s1. The van der Waals surface area contributed by atoms with Crippen molar-refractivity contribution in [1.82, 2.24) is 14.8 Å². The van der Waals surface area contributed by atoms with Crippen LogP contribution in [0.5, 0.6) is 5.75 Å². The van der Waals surface area contributed by atoms with Crippen molar-refractivity contribution in [2.45, 2.75) is 39.3 Å². The molecule has 3 heterocycles. The van der Waals surface area contributed by atoms with Crippen LogP contribution >= 0.6 is 0 Å². The van der Waals surface area contributed by atoms with Crippen LogP contribution < -0.4 is 4.74 Å². The number of likely N-dealkylation sites (tertiary alicyclic amines) is 1. The number of aliphatic hydroxyl groups is 1. The molecule has 1 aromatic carbocycles. The molecule has 1 N–H and O–H groups in total. The van der Waals surface area contributed by atoms with Gasteiger partial charge in [-0.3, -0.25) is 14.6 Å². The molecule has 0 aliphatic carbocycles. The zero-order valence-electron chi connectivity index (χ0n) is 18.7. The van der Waals surface area contributed by atoms with Crippen LogP contribution in [0.25, 0.3) is 5.76 Å². The summed E-state index contributed by atoms with van der Waals surface area (Å²) in [5.41, 5.74) is 2.39. The minimum atomic E-state index is -0.668. The number of Topliss-reactive ketones (excluding diaryl/α,β-unsaturated/α-hetero) is 1. The number of carbonyl (C=O) groups is 2. The highest BCUT2D eigenvalue weighted by Crippen LogP contribution is 2.40. The Morgan fingerprint density at radius 3 is 2.59 bits per heavy atom. The molecule has 0 saturated carbocycles. The van der Waals surface area contributed by atoms with E-state index in [2.05, 4.69) is 23.7 Å². The number of ketones is 1. The number of nitrogens with zero attached hydrogens (tertiary/aromatic N) is 3. The number of fused-ring (bicyclic) bond motifs is 1. The second-order valence-electron chi connectivity index (χ2n) is 8.26. The number of rotatable bonds is 7. The zero-order chi connectivity index (χ0) is 22.8. The Hall–Kier alpha value is -3.19. The van der Waals surface area contributed by atoms with E-state index < -0.39 is 17.7 Å². The van der Waals surface area contributed by atoms with Gasteiger partial charge >= 0.3 is 0 Å². The fourth-order valence-corrected chi connectivity index (χ4v) is 4.50. The van der Waals surface area contributed by atoms with E-state index >= 15 is 0 Å². The first-order valence-electron chi connectivity index (χ1n) is 11.1. The van der Waals surface area contributed by atoms with Crippen LogP contribution in [0, 0.1) is 0 Å². The van der Waals surface area contributed by atoms with Crippen molar-refractivity contribution in [3.05, 3.63) is 65.0 Å². The second-order valence-corrected chi connectivity index (χ2v) is 8.26. The number of pyridine rings is 1. The lowest BCUT2D eigenvalue weighted by atomic mass is 9.95. The van der Waals surface area contributed by atoms with Crippen molar-refractivity contribution in [2.24, 2.45) is 0 Å². The molecule has 32 heavy (non-hydrogen) atoms. The van der Waals surface area contributed by atoms with Crippen molar-refractivity contribution >= 4 is 17.4 Å². The molecule has 0 radical (unpaired) electrons. The van der Waals surface area contributed by atoms with Gasteiger partial charge in [-0.1, -0.05) is 26.0 Å². The van der Waals surface area contributed by atoms with Crippen molar-refractivity contribution < 1.29 is 19.4 Å². The molecule has 7 heteroatoms. The molecule has 1 saturated heterocycles. The lowest BCUT2D eigenvalue weighted by molar-refractivity contribution is -0.140. The molecule has 2 aromatic rings. The number of benzene rings is 1. The Balaban J connectivity index is 1.76. The first kappa shape index (κ1) is 22.0. The van der Waals surface area contributed by atoms with E-state index in [1.165, 1.54) is 0 Å². The molecule has 0 unspecified atom stereocenters. The smallest absolute Gasteiger partial charge is 0.295 e. The van der Waals surface area contributed by atoms with Gasteiger partial charge in [-0.2, -0.15) is 0 Å². The summed E-state index contributed by atoms with van der Waals surface area (Å²) in [6, 6.07) is 8.33. The normalized spacial score (nSPS) is 21.8. The van der Waals surface area contributed by atoms with Gasteiger partial charge in [0.2, 0.25) is 0 Å². The van der Waals surface area contributed by atoms with Gasteiger partial charge in [-0.15, -0.1) is 0 Å². The minimum Gasteiger partial charge on any atom is -0.507 e. The van der Waals surface area contributed by atoms with E-state index in [4.69, 9.17) is 4.74 Å². The highest BCUT2D eigenvalue weighted by Gasteiger charge is 2.46. The highest BCUT2D eigenvalue weighted by molar-refractivity contribution is 6.46. The third kappa shape index (κ3) is 4.00. The van der Waals surface area contributed by atoms with Gasteiger partial charge in [-0.05, 0) is 49.3 Å². The monoisotopic (exact) mass is 435 g/mol. The summed E-state index contributed by atoms with van der Waals surface area (Å²) in [4.78, 5) is 34.0. The van der Waals surface area contributed by atoms with E-state index in [-0.39, 0.29) is 17.4 Å². The molecule has 168 valence electrons. The van der Waals surface area contributed by atoms with E-state index in [1.54, 1.807) is 41.6 Å². The highest BCUT2D eigenvalue weighted by atomic mass is 16.5. The van der Waals surface area contributed by atoms with E-state index in [0.29, 0.717) is 24.4 Å². The third-order valence-electron chi connectivity index (χ3n) is 6.29. The predicted octanol–water partition coefficient (Wildman–Crippen LogP) is 3.17. The Morgan fingerprint density at radius 2 is 1.91 bits per heavy atom. The van der Waals surface area contributed by atoms with Crippen LogP contribution in [0.2, 0.25) is 0 Å². The molecule has 0 spiro atoms. The maximum absolute atomic E-state index is 13.1. The number of aromatic nitrogens is 1. The fraction of sp³-hybridized carbons (Fsp3) is 0.400. The number of aliphatic hydroxyl groups excluding tert-OH is 1. The molecule has 2 atom stereocenters. The molecular formula is C25H29N3O4. The minimum absolute atomic E-state index is 0.0740. The maximum Gasteiger partial charge on any atom is 0.295 e. The molecule has 2 aliphatic rings. The van der Waals surface area contributed by atoms with Gasteiger partial charge in [0.25, 0.3) is 11.7 Å². The number of hydrogen-bond acceptors (Lipinski definition) is 6. The van der Waals surface area contributed by atoms with Crippen LogP contribution in [0.15, 0.2) is 48.3 Å². The summed E-state index contributed by atoms with van der Waals surface area (Å²) in [7, 11) is 0. The van der Waals surface area contributed by atoms with E-state index in [0.717, 1.165) is 30.6 Å². The van der Waals surface area contributed by atoms with Gasteiger partial charge in [0, 0.05) is 37.5 Å². The molecule has 1 aromatic heterocycles. The number of likely N-dealkylation sites (N-methyl/N-ethyl adjacent to an activating group) is 1. The Kier molecular flexibility index (Phi) is 6.28. The third-order valence-corrected chi connectivity index (χ3v) is 6.29. The lowest BCUT2D eigenvalue weighted by Gasteiger charge is -2.28. The quantitative estimate of drug-likeness (QED) is 0.409. The average Bonchev–Trinajstić information content (AvgIpc) is 3.30. The summed E-state index contributed by atoms with van der Waals surface area (Å²) < 4.78 is 5.82. The Labute approximate surface area is 188 Å². The topological polar surface area (TPSA) is 83.0 Å². The maximum atomic E-state index is 13.1. The van der Waals surface area contributed by atoms with Gasteiger partial charge in [0.1, 0.15) is 17.6 Å². The first-order chi connectivity index (χ1) is 15.4. The Bertz CT molecular complexity index is 1050. The van der Waals surface area contributed by atoms with Crippen molar-refractivity contribution in [1.29, 1.82) is 0 Å². The van der Waals surface area contributed by atoms with Gasteiger partial charge in [0.05, 0.1) is 11.6 Å². The van der Waals surface area contributed by atoms with Crippen LogP contribution in [0.4, 0.5) is 0 Å². The van der Waals surface area contributed by atoms with Crippen molar-refractivity contribution in [3.8, 4) is 5.75 Å². The van der Waals surface area contributed by atoms with Crippen LogP contribution in [0.1, 0.15) is 43.5 Å². The van der Waals surface area contributed by atoms with E-state index in [9.17, 15) is 14.7 Å². The van der Waals surface area contributed by atoms with Crippen LogP contribution in [-0.4, -0.2) is 63.9 Å². The number of ether oxygens (including phenoxy) is 1. The number of carbonyl (C=O) groups excluding carboxylic acids is 2. The van der Waals surface area contributed by atoms with Crippen LogP contribution in [0.3, 0.4) is 0 Å². The Morgan fingerprint density at radius 1 is 1.19 bits per heavy atom. The largest absolute Gasteiger partial charge is 0.507 e. The first-order valence-corrected chi connectivity index (χ1v) is 11.1. The molecule has 2 aliphatic heterocycles. The summed E-state index contributed by atoms with van der Waals surface area (Å²) in [5.74, 6) is -0.732. The lowest BCUT2D eigenvalue weighted by Crippen LogP contribution is -2.38. The molecule has 7 nitrogen and oxygen atoms in total. The molecule has 1 fully saturated rings. The molecule has 0 bridgehead atoms. The summed E-state index contributed by atoms with van der Waals surface area (Å²) in [6.07, 6.45) is 4.14. The van der Waals surface area contributed by atoms with Gasteiger partial charge in [-0.25, -0.2) is 0 Å². The molecule has 1 amide bonds. The summed E-state index contributed by atoms with van der Waals surface area (Å²) in [5, 5.41) is 11.2. The van der Waals surface area contributed by atoms with Crippen LogP contribution in [-0.2, 0) is 16.0 Å². The molecular weight excluding hydrogens is 406 g/mol.